The minimum Gasteiger partial charge on any atom is -0.451 e. The van der Waals surface area contributed by atoms with E-state index < -0.39 is 5.60 Å². The minimum atomic E-state index is -0.742. The van der Waals surface area contributed by atoms with Crippen LogP contribution in [0.1, 0.15) is 17.5 Å². The van der Waals surface area contributed by atoms with Crippen LogP contribution in [0.25, 0.3) is 0 Å². The fraction of sp³-hybridized carbons (Fsp3) is 0.278. The second kappa shape index (κ2) is 7.04. The van der Waals surface area contributed by atoms with E-state index in [1.807, 2.05) is 74.8 Å². The Hall–Kier alpha value is -2.13. The molecule has 0 bridgehead atoms. The highest BCUT2D eigenvalue weighted by atomic mass is 16.5. The first kappa shape index (κ1) is 15.3. The number of ether oxygens (including phenoxy) is 1. The molecule has 110 valence electrons. The molecule has 0 unspecified atom stereocenters. The summed E-state index contributed by atoms with van der Waals surface area (Å²) in [5.41, 5.74) is 1.24. The van der Waals surface area contributed by atoms with E-state index in [9.17, 15) is 4.79 Å². The van der Waals surface area contributed by atoms with Crippen molar-refractivity contribution in [2.45, 2.75) is 12.0 Å². The number of benzene rings is 2. The Bertz CT molecular complexity index is 512. The van der Waals surface area contributed by atoms with Gasteiger partial charge in [0.2, 0.25) is 0 Å². The largest absolute Gasteiger partial charge is 0.451 e. The molecule has 0 atom stereocenters. The van der Waals surface area contributed by atoms with Crippen LogP contribution in [-0.2, 0) is 15.1 Å². The SMILES string of the molecule is CN(C)CCC(OC=O)(c1ccccc1)c1ccccc1. The molecule has 0 aromatic heterocycles. The third kappa shape index (κ3) is 3.50. The van der Waals surface area contributed by atoms with Crippen molar-refractivity contribution >= 4 is 6.47 Å². The van der Waals surface area contributed by atoms with Crippen LogP contribution in [-0.4, -0.2) is 32.0 Å². The van der Waals surface area contributed by atoms with Crippen molar-refractivity contribution < 1.29 is 9.53 Å². The Kier molecular flexibility index (Phi) is 5.12. The molecule has 0 aliphatic heterocycles. The molecule has 0 heterocycles. The topological polar surface area (TPSA) is 29.5 Å². The maximum Gasteiger partial charge on any atom is 0.294 e. The fourth-order valence-corrected chi connectivity index (χ4v) is 2.53. The van der Waals surface area contributed by atoms with Crippen molar-refractivity contribution in [2.24, 2.45) is 0 Å². The van der Waals surface area contributed by atoms with Gasteiger partial charge < -0.3 is 9.64 Å². The Morgan fingerprint density at radius 1 is 0.952 bits per heavy atom. The van der Waals surface area contributed by atoms with Gasteiger partial charge in [0, 0.05) is 24.1 Å². The smallest absolute Gasteiger partial charge is 0.294 e. The van der Waals surface area contributed by atoms with Gasteiger partial charge in [0.25, 0.3) is 6.47 Å². The Morgan fingerprint density at radius 3 is 1.81 bits per heavy atom. The van der Waals surface area contributed by atoms with Crippen LogP contribution in [0.15, 0.2) is 60.7 Å². The van der Waals surface area contributed by atoms with Crippen molar-refractivity contribution in [3.05, 3.63) is 71.8 Å². The summed E-state index contributed by atoms with van der Waals surface area (Å²) < 4.78 is 5.64. The summed E-state index contributed by atoms with van der Waals surface area (Å²) in [6.45, 7) is 1.37. The zero-order valence-corrected chi connectivity index (χ0v) is 12.5. The monoisotopic (exact) mass is 283 g/mol. The van der Waals surface area contributed by atoms with Crippen molar-refractivity contribution in [2.75, 3.05) is 20.6 Å². The molecule has 0 aliphatic rings. The van der Waals surface area contributed by atoms with Crippen molar-refractivity contribution in [3.63, 3.8) is 0 Å². The van der Waals surface area contributed by atoms with Crippen molar-refractivity contribution in [1.82, 2.24) is 4.90 Å². The van der Waals surface area contributed by atoms with Gasteiger partial charge in [0.15, 0.2) is 5.60 Å². The number of nitrogens with zero attached hydrogens (tertiary/aromatic N) is 1. The summed E-state index contributed by atoms with van der Waals surface area (Å²) >= 11 is 0. The summed E-state index contributed by atoms with van der Waals surface area (Å²) in [7, 11) is 4.03. The van der Waals surface area contributed by atoms with Gasteiger partial charge in [0.05, 0.1) is 0 Å². The average Bonchev–Trinajstić information content (AvgIpc) is 2.53. The zero-order chi connectivity index (χ0) is 15.1. The molecule has 0 saturated heterocycles. The lowest BCUT2D eigenvalue weighted by Gasteiger charge is -2.34. The molecule has 2 aromatic carbocycles. The van der Waals surface area contributed by atoms with Gasteiger partial charge in [-0.3, -0.25) is 4.79 Å². The van der Waals surface area contributed by atoms with E-state index in [1.165, 1.54) is 0 Å². The number of hydrogen-bond acceptors (Lipinski definition) is 3. The van der Waals surface area contributed by atoms with E-state index in [-0.39, 0.29) is 0 Å². The molecule has 3 heteroatoms. The lowest BCUT2D eigenvalue weighted by molar-refractivity contribution is -0.141. The van der Waals surface area contributed by atoms with E-state index in [2.05, 4.69) is 4.90 Å². The number of rotatable bonds is 7. The van der Waals surface area contributed by atoms with E-state index in [0.29, 0.717) is 12.9 Å². The van der Waals surface area contributed by atoms with E-state index in [4.69, 9.17) is 4.74 Å². The molecule has 0 radical (unpaired) electrons. The highest BCUT2D eigenvalue weighted by molar-refractivity contribution is 5.45. The summed E-state index contributed by atoms with van der Waals surface area (Å²) in [5.74, 6) is 0. The first-order valence-corrected chi connectivity index (χ1v) is 7.06. The number of carbonyl (C=O) groups excluding carboxylic acids is 1. The predicted octanol–water partition coefficient (Wildman–Crippen LogP) is 3.05. The van der Waals surface area contributed by atoms with E-state index >= 15 is 0 Å². The highest BCUT2D eigenvalue weighted by Gasteiger charge is 2.36. The lowest BCUT2D eigenvalue weighted by Crippen LogP contribution is -2.34. The normalized spacial score (nSPS) is 11.4. The molecule has 0 N–H and O–H groups in total. The fourth-order valence-electron chi connectivity index (χ4n) is 2.53. The maximum absolute atomic E-state index is 11.2. The molecule has 0 fully saturated rings. The lowest BCUT2D eigenvalue weighted by atomic mass is 9.83. The molecule has 21 heavy (non-hydrogen) atoms. The molecule has 0 spiro atoms. The van der Waals surface area contributed by atoms with Crippen LogP contribution in [0.2, 0.25) is 0 Å². The van der Waals surface area contributed by atoms with Crippen LogP contribution in [0, 0.1) is 0 Å². The summed E-state index contributed by atoms with van der Waals surface area (Å²) in [4.78, 5) is 13.3. The van der Waals surface area contributed by atoms with Crippen molar-refractivity contribution in [1.29, 1.82) is 0 Å². The third-order valence-electron chi connectivity index (χ3n) is 3.64. The maximum atomic E-state index is 11.2. The van der Waals surface area contributed by atoms with E-state index in [0.717, 1.165) is 17.7 Å². The van der Waals surface area contributed by atoms with Gasteiger partial charge in [-0.15, -0.1) is 0 Å². The minimum absolute atomic E-state index is 0.551. The van der Waals surface area contributed by atoms with Crippen LogP contribution < -0.4 is 0 Å². The zero-order valence-electron chi connectivity index (χ0n) is 12.5. The summed E-state index contributed by atoms with van der Waals surface area (Å²) in [6.07, 6.45) is 0.701. The Balaban J connectivity index is 2.51. The number of hydrogen-bond donors (Lipinski definition) is 0. The third-order valence-corrected chi connectivity index (χ3v) is 3.64. The van der Waals surface area contributed by atoms with Crippen LogP contribution in [0.3, 0.4) is 0 Å². The van der Waals surface area contributed by atoms with Gasteiger partial charge >= 0.3 is 0 Å². The average molecular weight is 283 g/mol. The molecule has 2 rings (SSSR count). The second-order valence-electron chi connectivity index (χ2n) is 5.33. The predicted molar refractivity (Wildman–Crippen MR) is 84.0 cm³/mol. The molecule has 0 aliphatic carbocycles. The van der Waals surface area contributed by atoms with Gasteiger partial charge in [-0.05, 0) is 14.1 Å². The van der Waals surface area contributed by atoms with Crippen LogP contribution in [0.5, 0.6) is 0 Å². The van der Waals surface area contributed by atoms with Gasteiger partial charge in [0.1, 0.15) is 0 Å². The second-order valence-corrected chi connectivity index (χ2v) is 5.33. The molecule has 0 amide bonds. The standard InChI is InChI=1S/C18H21NO2/c1-19(2)14-13-18(21-15-20,16-9-5-3-6-10-16)17-11-7-4-8-12-17/h3-12,15H,13-14H2,1-2H3. The first-order valence-electron chi connectivity index (χ1n) is 7.06. The van der Waals surface area contributed by atoms with Gasteiger partial charge in [-0.25, -0.2) is 0 Å². The summed E-state index contributed by atoms with van der Waals surface area (Å²) in [5, 5.41) is 0. The quantitative estimate of drug-likeness (QED) is 0.731. The van der Waals surface area contributed by atoms with E-state index in [1.54, 1.807) is 0 Å². The molecular weight excluding hydrogens is 262 g/mol. The van der Waals surface area contributed by atoms with Crippen LogP contribution >= 0.6 is 0 Å². The summed E-state index contributed by atoms with van der Waals surface area (Å²) in [6, 6.07) is 19.8. The van der Waals surface area contributed by atoms with Gasteiger partial charge in [-0.1, -0.05) is 60.7 Å². The van der Waals surface area contributed by atoms with Crippen LogP contribution in [0.4, 0.5) is 0 Å². The molecular formula is C18H21NO2. The highest BCUT2D eigenvalue weighted by Crippen LogP contribution is 2.36. The molecule has 2 aromatic rings. The first-order chi connectivity index (χ1) is 10.2. The number of carbonyl (C=O) groups is 1. The Morgan fingerprint density at radius 2 is 1.43 bits per heavy atom. The molecule has 3 nitrogen and oxygen atoms in total. The molecule has 0 saturated carbocycles. The Labute approximate surface area is 126 Å². The van der Waals surface area contributed by atoms with Crippen molar-refractivity contribution in [3.8, 4) is 0 Å². The van der Waals surface area contributed by atoms with Gasteiger partial charge in [-0.2, -0.15) is 0 Å².